The lowest BCUT2D eigenvalue weighted by Crippen LogP contribution is -2.28. The molecule has 2 aliphatic rings. The molecule has 1 N–H and O–H groups in total. The van der Waals surface area contributed by atoms with Gasteiger partial charge in [-0.3, -0.25) is 4.99 Å². The van der Waals surface area contributed by atoms with Gasteiger partial charge in [0.15, 0.2) is 0 Å². The van der Waals surface area contributed by atoms with Gasteiger partial charge in [-0.15, -0.1) is 0 Å². The summed E-state index contributed by atoms with van der Waals surface area (Å²) in [6.45, 7) is 10.2. The maximum Gasteiger partial charge on any atom is 0.0756 e. The second-order valence-corrected chi connectivity index (χ2v) is 9.21. The largest absolute Gasteiger partial charge is 0.390 e. The lowest BCUT2D eigenvalue weighted by Gasteiger charge is -2.28. The first-order chi connectivity index (χ1) is 14.4. The highest BCUT2D eigenvalue weighted by molar-refractivity contribution is 5.97. The normalized spacial score (nSPS) is 21.1. The van der Waals surface area contributed by atoms with Crippen molar-refractivity contribution in [1.82, 2.24) is 0 Å². The summed E-state index contributed by atoms with van der Waals surface area (Å²) in [5, 5.41) is 10.8. The van der Waals surface area contributed by atoms with Crippen molar-refractivity contribution in [2.75, 3.05) is 0 Å². The zero-order chi connectivity index (χ0) is 21.6. The van der Waals surface area contributed by atoms with Crippen molar-refractivity contribution in [3.8, 4) is 0 Å². The quantitative estimate of drug-likeness (QED) is 0.454. The molecule has 2 nitrogen and oxygen atoms in total. The van der Waals surface area contributed by atoms with Crippen LogP contribution in [0.25, 0.3) is 6.08 Å². The summed E-state index contributed by atoms with van der Waals surface area (Å²) in [4.78, 5) is 5.15. The summed E-state index contributed by atoms with van der Waals surface area (Å²) < 4.78 is 0. The summed E-state index contributed by atoms with van der Waals surface area (Å²) in [6, 6.07) is 8.91. The Kier molecular flexibility index (Phi) is 7.66. The summed E-state index contributed by atoms with van der Waals surface area (Å²) in [6.07, 6.45) is 17.4. The van der Waals surface area contributed by atoms with E-state index in [1.165, 1.54) is 28.0 Å². The monoisotopic (exact) mass is 403 g/mol. The van der Waals surface area contributed by atoms with Gasteiger partial charge in [0.05, 0.1) is 11.6 Å². The Morgan fingerprint density at radius 2 is 2.00 bits per heavy atom. The molecule has 0 radical (unpaired) electrons. The van der Waals surface area contributed by atoms with Crippen molar-refractivity contribution >= 4 is 11.8 Å². The van der Waals surface area contributed by atoms with E-state index in [0.29, 0.717) is 12.3 Å². The highest BCUT2D eigenvalue weighted by Gasteiger charge is 2.28. The number of aliphatic hydroxyl groups is 1. The van der Waals surface area contributed by atoms with E-state index in [-0.39, 0.29) is 6.04 Å². The van der Waals surface area contributed by atoms with E-state index in [1.54, 1.807) is 0 Å². The Balaban J connectivity index is 1.72. The third-order valence-corrected chi connectivity index (χ3v) is 6.34. The molecule has 1 aromatic carbocycles. The molecule has 2 heteroatoms. The Morgan fingerprint density at radius 3 is 2.67 bits per heavy atom. The van der Waals surface area contributed by atoms with E-state index in [0.717, 1.165) is 38.5 Å². The third-order valence-electron chi connectivity index (χ3n) is 6.34. The molecule has 0 amide bonds. The van der Waals surface area contributed by atoms with Gasteiger partial charge in [0.2, 0.25) is 0 Å². The minimum Gasteiger partial charge on any atom is -0.390 e. The molecule has 0 aromatic heterocycles. The van der Waals surface area contributed by atoms with Crippen LogP contribution in [0.1, 0.15) is 70.4 Å². The van der Waals surface area contributed by atoms with E-state index < -0.39 is 5.60 Å². The van der Waals surface area contributed by atoms with Crippen LogP contribution < -0.4 is 0 Å². The fourth-order valence-corrected chi connectivity index (χ4v) is 4.65. The fraction of sp³-hybridized carbons (Fsp3) is 0.464. The number of hydrogen-bond donors (Lipinski definition) is 1. The van der Waals surface area contributed by atoms with Gasteiger partial charge in [-0.25, -0.2) is 0 Å². The molecule has 1 aliphatic heterocycles. The van der Waals surface area contributed by atoms with Crippen LogP contribution in [-0.4, -0.2) is 22.5 Å². The van der Waals surface area contributed by atoms with Crippen molar-refractivity contribution < 1.29 is 5.11 Å². The second-order valence-electron chi connectivity index (χ2n) is 9.21. The Labute approximate surface area is 182 Å². The Bertz CT molecular complexity index is 851. The first kappa shape index (κ1) is 22.5. The highest BCUT2D eigenvalue weighted by atomic mass is 16.3. The predicted molar refractivity (Wildman–Crippen MR) is 130 cm³/mol. The molecule has 1 aliphatic carbocycles. The number of nitrogens with zero attached hydrogens (tertiary/aromatic N) is 1. The van der Waals surface area contributed by atoms with Gasteiger partial charge < -0.3 is 5.11 Å². The topological polar surface area (TPSA) is 32.6 Å². The van der Waals surface area contributed by atoms with E-state index in [2.05, 4.69) is 69.0 Å². The highest BCUT2D eigenvalue weighted by Crippen LogP contribution is 2.33. The van der Waals surface area contributed by atoms with Gasteiger partial charge in [-0.05, 0) is 73.3 Å². The molecule has 160 valence electrons. The molecule has 2 bridgehead atoms. The van der Waals surface area contributed by atoms with Gasteiger partial charge >= 0.3 is 0 Å². The molecule has 0 saturated heterocycles. The van der Waals surface area contributed by atoms with Crippen molar-refractivity contribution in [2.24, 2.45) is 10.9 Å². The average Bonchev–Trinajstić information content (AvgIpc) is 2.85. The molecule has 0 saturated carbocycles. The number of aliphatic imine (C=N–C) groups is 1. The van der Waals surface area contributed by atoms with Gasteiger partial charge in [0, 0.05) is 5.71 Å². The molecule has 0 spiro atoms. The standard InChI is InChI=1S/C28H37NO/c1-5-15-28(4,30)20-25-10-8-9-24-18-26(29-27(25)19-24)17-22(7-3)16-23-13-11-21(6-2)12-14-23/h6,8-14,18,22,27,30H,2,5,7,15-17,19-20H2,1,3-4H3. The van der Waals surface area contributed by atoms with E-state index >= 15 is 0 Å². The lowest BCUT2D eigenvalue weighted by molar-refractivity contribution is 0.0492. The first-order valence-corrected chi connectivity index (χ1v) is 11.5. The number of rotatable bonds is 10. The summed E-state index contributed by atoms with van der Waals surface area (Å²) >= 11 is 0. The van der Waals surface area contributed by atoms with E-state index in [9.17, 15) is 5.11 Å². The van der Waals surface area contributed by atoms with Crippen LogP contribution in [0.15, 0.2) is 71.3 Å². The van der Waals surface area contributed by atoms with Crippen molar-refractivity contribution in [1.29, 1.82) is 0 Å². The summed E-state index contributed by atoms with van der Waals surface area (Å²) in [5.41, 5.74) is 5.73. The summed E-state index contributed by atoms with van der Waals surface area (Å²) in [7, 11) is 0. The van der Waals surface area contributed by atoms with E-state index in [4.69, 9.17) is 4.99 Å². The van der Waals surface area contributed by atoms with Crippen molar-refractivity contribution in [3.05, 3.63) is 77.4 Å². The molecule has 3 rings (SSSR count). The minimum atomic E-state index is -0.653. The van der Waals surface area contributed by atoms with Crippen LogP contribution in [0.4, 0.5) is 0 Å². The van der Waals surface area contributed by atoms with Crippen LogP contribution in [0, 0.1) is 5.92 Å². The Morgan fingerprint density at radius 1 is 1.23 bits per heavy atom. The molecule has 30 heavy (non-hydrogen) atoms. The maximum absolute atomic E-state index is 10.8. The molecule has 0 fully saturated rings. The Hall–Kier alpha value is -2.19. The SMILES string of the molecule is C=Cc1ccc(CC(CC)CC2=NC3CC(=C2)C=CC=C3CC(C)(O)CCC)cc1. The average molecular weight is 404 g/mol. The summed E-state index contributed by atoms with van der Waals surface area (Å²) in [5.74, 6) is 0.579. The van der Waals surface area contributed by atoms with Gasteiger partial charge in [0.1, 0.15) is 0 Å². The van der Waals surface area contributed by atoms with E-state index in [1.807, 2.05) is 13.0 Å². The second kappa shape index (κ2) is 10.2. The predicted octanol–water partition coefficient (Wildman–Crippen LogP) is 6.87. The van der Waals surface area contributed by atoms with Gasteiger partial charge in [0.25, 0.3) is 0 Å². The van der Waals surface area contributed by atoms with Crippen LogP contribution in [0.5, 0.6) is 0 Å². The fourth-order valence-electron chi connectivity index (χ4n) is 4.65. The van der Waals surface area contributed by atoms with Crippen molar-refractivity contribution in [3.63, 3.8) is 0 Å². The zero-order valence-corrected chi connectivity index (χ0v) is 18.9. The minimum absolute atomic E-state index is 0.169. The van der Waals surface area contributed by atoms with Crippen molar-refractivity contribution in [2.45, 2.75) is 77.4 Å². The lowest BCUT2D eigenvalue weighted by atomic mass is 9.85. The molecule has 3 unspecified atom stereocenters. The third kappa shape index (κ3) is 6.15. The molecule has 1 aromatic rings. The van der Waals surface area contributed by atoms with Gasteiger partial charge in [-0.1, -0.05) is 81.8 Å². The molecule has 3 atom stereocenters. The molecular weight excluding hydrogens is 366 g/mol. The number of benzene rings is 1. The van der Waals surface area contributed by atoms with Crippen LogP contribution in [0.3, 0.4) is 0 Å². The van der Waals surface area contributed by atoms with Crippen LogP contribution in [-0.2, 0) is 6.42 Å². The smallest absolute Gasteiger partial charge is 0.0756 e. The van der Waals surface area contributed by atoms with Crippen LogP contribution >= 0.6 is 0 Å². The van der Waals surface area contributed by atoms with Crippen LogP contribution in [0.2, 0.25) is 0 Å². The number of dihydropyridines is 1. The number of hydrogen-bond acceptors (Lipinski definition) is 2. The zero-order valence-electron chi connectivity index (χ0n) is 18.9. The number of allylic oxidation sites excluding steroid dienone is 4. The molecule has 1 heterocycles. The van der Waals surface area contributed by atoms with Gasteiger partial charge in [-0.2, -0.15) is 0 Å². The molecular formula is C28H37NO. The number of fused-ring (bicyclic) bond motifs is 2. The first-order valence-electron chi connectivity index (χ1n) is 11.5. The maximum atomic E-state index is 10.8.